The van der Waals surface area contributed by atoms with Crippen molar-refractivity contribution in [2.75, 3.05) is 25.6 Å². The highest BCUT2D eigenvalue weighted by Crippen LogP contribution is 2.24. The van der Waals surface area contributed by atoms with E-state index in [1.54, 1.807) is 13.8 Å². The number of aliphatic hydroxyl groups excluding tert-OH is 1. The van der Waals surface area contributed by atoms with Gasteiger partial charge in [-0.15, -0.1) is 0 Å². The van der Waals surface area contributed by atoms with Crippen molar-refractivity contribution >= 4 is 23.4 Å². The van der Waals surface area contributed by atoms with Crippen LogP contribution in [0.4, 0.5) is 5.82 Å². The van der Waals surface area contributed by atoms with E-state index in [0.717, 1.165) is 0 Å². The zero-order chi connectivity index (χ0) is 16.0. The maximum atomic E-state index is 11.6. The Morgan fingerprint density at radius 3 is 2.62 bits per heavy atom. The maximum Gasteiger partial charge on any atom is 0.358 e. The van der Waals surface area contributed by atoms with Crippen LogP contribution in [0.5, 0.6) is 0 Å². The topological polar surface area (TPSA) is 93.6 Å². The lowest BCUT2D eigenvalue weighted by Gasteiger charge is -2.17. The Morgan fingerprint density at radius 1 is 1.38 bits per heavy atom. The standard InChI is InChI=1S/C13H20ClN3O4/c1-7(5-21-6-8(2)18)15-12-10(14)11(13(19)20-4)16-9(3)17-12/h7-8,18H,5-6H2,1-4H3,(H,15,16,17). The van der Waals surface area contributed by atoms with Crippen molar-refractivity contribution in [2.24, 2.45) is 0 Å². The van der Waals surface area contributed by atoms with Crippen LogP contribution in [0.3, 0.4) is 0 Å². The van der Waals surface area contributed by atoms with E-state index >= 15 is 0 Å². The summed E-state index contributed by atoms with van der Waals surface area (Å²) in [6.07, 6.45) is -0.520. The second-order valence-electron chi connectivity index (χ2n) is 4.71. The molecule has 0 aliphatic rings. The number of ether oxygens (including phenoxy) is 2. The Labute approximate surface area is 128 Å². The van der Waals surface area contributed by atoms with E-state index in [9.17, 15) is 4.79 Å². The van der Waals surface area contributed by atoms with Gasteiger partial charge in [0, 0.05) is 6.04 Å². The van der Waals surface area contributed by atoms with E-state index in [0.29, 0.717) is 18.2 Å². The van der Waals surface area contributed by atoms with Crippen molar-refractivity contribution < 1.29 is 19.4 Å². The highest BCUT2D eigenvalue weighted by atomic mass is 35.5. The van der Waals surface area contributed by atoms with E-state index < -0.39 is 12.1 Å². The number of halogens is 1. The molecule has 1 rings (SSSR count). The van der Waals surface area contributed by atoms with Gasteiger partial charge in [0.05, 0.1) is 26.4 Å². The summed E-state index contributed by atoms with van der Waals surface area (Å²) in [6, 6.07) is -0.110. The molecule has 0 amide bonds. The van der Waals surface area contributed by atoms with Crippen LogP contribution in [0, 0.1) is 6.92 Å². The number of methoxy groups -OCH3 is 1. The number of hydrogen-bond donors (Lipinski definition) is 2. The number of nitrogens with zero attached hydrogens (tertiary/aromatic N) is 2. The minimum atomic E-state index is -0.619. The molecule has 21 heavy (non-hydrogen) atoms. The van der Waals surface area contributed by atoms with E-state index in [4.69, 9.17) is 21.4 Å². The van der Waals surface area contributed by atoms with Crippen LogP contribution < -0.4 is 5.32 Å². The summed E-state index contributed by atoms with van der Waals surface area (Å²) in [5.41, 5.74) is 0.0197. The molecule has 0 fully saturated rings. The summed E-state index contributed by atoms with van der Waals surface area (Å²) in [5.74, 6) is 0.128. The first-order valence-corrected chi connectivity index (χ1v) is 6.87. The largest absolute Gasteiger partial charge is 0.464 e. The van der Waals surface area contributed by atoms with Crippen LogP contribution in [-0.2, 0) is 9.47 Å². The summed E-state index contributed by atoms with van der Waals surface area (Å²) >= 11 is 6.11. The molecule has 7 nitrogen and oxygen atoms in total. The fraction of sp³-hybridized carbons (Fsp3) is 0.615. The number of carbonyl (C=O) groups is 1. The van der Waals surface area contributed by atoms with Crippen molar-refractivity contribution in [1.82, 2.24) is 9.97 Å². The molecule has 1 aromatic heterocycles. The van der Waals surface area contributed by atoms with Gasteiger partial charge in [-0.2, -0.15) is 0 Å². The predicted octanol–water partition coefficient (Wildman–Crippen LogP) is 1.42. The number of aliphatic hydroxyl groups is 1. The summed E-state index contributed by atoms with van der Waals surface area (Å²) in [7, 11) is 1.26. The molecule has 2 atom stereocenters. The zero-order valence-corrected chi connectivity index (χ0v) is 13.3. The molecule has 0 bridgehead atoms. The molecule has 1 heterocycles. The summed E-state index contributed by atoms with van der Waals surface area (Å²) < 4.78 is 9.94. The normalized spacial score (nSPS) is 13.6. The first-order chi connectivity index (χ1) is 9.85. The van der Waals surface area contributed by atoms with Crippen molar-refractivity contribution in [3.63, 3.8) is 0 Å². The second kappa shape index (κ2) is 8.11. The Bertz CT molecular complexity index is 497. The number of aromatic nitrogens is 2. The minimum Gasteiger partial charge on any atom is -0.464 e. The molecular weight excluding hydrogens is 298 g/mol. The van der Waals surface area contributed by atoms with Gasteiger partial charge in [0.15, 0.2) is 5.69 Å². The van der Waals surface area contributed by atoms with Gasteiger partial charge < -0.3 is 19.9 Å². The van der Waals surface area contributed by atoms with Gasteiger partial charge in [-0.05, 0) is 20.8 Å². The number of esters is 1. The Morgan fingerprint density at radius 2 is 2.05 bits per heavy atom. The minimum absolute atomic E-state index is 0.0197. The van der Waals surface area contributed by atoms with Crippen molar-refractivity contribution in [1.29, 1.82) is 0 Å². The summed E-state index contributed by atoms with van der Waals surface area (Å²) in [5, 5.41) is 12.3. The van der Waals surface area contributed by atoms with Crippen LogP contribution >= 0.6 is 11.6 Å². The predicted molar refractivity (Wildman–Crippen MR) is 78.7 cm³/mol. The van der Waals surface area contributed by atoms with Crippen LogP contribution in [0.1, 0.15) is 30.2 Å². The highest BCUT2D eigenvalue weighted by molar-refractivity contribution is 6.35. The third-order valence-corrected chi connectivity index (χ3v) is 2.81. The van der Waals surface area contributed by atoms with E-state index in [1.165, 1.54) is 7.11 Å². The molecule has 2 N–H and O–H groups in total. The van der Waals surface area contributed by atoms with Gasteiger partial charge >= 0.3 is 5.97 Å². The number of rotatable bonds is 7. The van der Waals surface area contributed by atoms with E-state index in [1.807, 2.05) is 6.92 Å². The average Bonchev–Trinajstić information content (AvgIpc) is 2.41. The highest BCUT2D eigenvalue weighted by Gasteiger charge is 2.19. The van der Waals surface area contributed by atoms with E-state index in [2.05, 4.69) is 20.0 Å². The first-order valence-electron chi connectivity index (χ1n) is 6.50. The Kier molecular flexibility index (Phi) is 6.80. The van der Waals surface area contributed by atoms with Crippen molar-refractivity contribution in [2.45, 2.75) is 32.9 Å². The quantitative estimate of drug-likeness (QED) is 0.734. The lowest BCUT2D eigenvalue weighted by Crippen LogP contribution is -2.25. The van der Waals surface area contributed by atoms with Crippen LogP contribution in [0.15, 0.2) is 0 Å². The molecule has 0 aromatic carbocycles. The molecular formula is C13H20ClN3O4. The second-order valence-corrected chi connectivity index (χ2v) is 5.08. The molecule has 0 radical (unpaired) electrons. The van der Waals surface area contributed by atoms with Crippen molar-refractivity contribution in [3.8, 4) is 0 Å². The van der Waals surface area contributed by atoms with E-state index in [-0.39, 0.29) is 23.4 Å². The lowest BCUT2D eigenvalue weighted by molar-refractivity contribution is 0.0436. The maximum absolute atomic E-state index is 11.6. The van der Waals surface area contributed by atoms with Crippen LogP contribution in [0.25, 0.3) is 0 Å². The molecule has 8 heteroatoms. The molecule has 0 aliphatic heterocycles. The van der Waals surface area contributed by atoms with Crippen LogP contribution in [-0.4, -0.2) is 53.5 Å². The third kappa shape index (κ3) is 5.45. The van der Waals surface area contributed by atoms with Crippen molar-refractivity contribution in [3.05, 3.63) is 16.5 Å². The molecule has 0 saturated heterocycles. The number of carbonyl (C=O) groups excluding carboxylic acids is 1. The Hall–Kier alpha value is -1.44. The fourth-order valence-corrected chi connectivity index (χ4v) is 1.79. The monoisotopic (exact) mass is 317 g/mol. The Balaban J connectivity index is 2.78. The van der Waals surface area contributed by atoms with Gasteiger partial charge in [-0.25, -0.2) is 14.8 Å². The summed E-state index contributed by atoms with van der Waals surface area (Å²) in [6.45, 7) is 5.77. The number of hydrogen-bond acceptors (Lipinski definition) is 7. The molecule has 0 spiro atoms. The molecule has 0 saturated carbocycles. The number of nitrogens with one attached hydrogen (secondary N) is 1. The molecule has 0 aliphatic carbocycles. The van der Waals surface area contributed by atoms with Gasteiger partial charge in [-0.1, -0.05) is 11.6 Å². The third-order valence-electron chi connectivity index (χ3n) is 2.45. The molecule has 118 valence electrons. The molecule has 2 unspecified atom stereocenters. The summed E-state index contributed by atoms with van der Waals surface area (Å²) in [4.78, 5) is 19.7. The molecule has 1 aromatic rings. The SMILES string of the molecule is COC(=O)c1nc(C)nc(NC(C)COCC(C)O)c1Cl. The van der Waals surface area contributed by atoms with Crippen LogP contribution in [0.2, 0.25) is 5.02 Å². The zero-order valence-electron chi connectivity index (χ0n) is 12.5. The van der Waals surface area contributed by atoms with Gasteiger partial charge in [0.2, 0.25) is 0 Å². The lowest BCUT2D eigenvalue weighted by atomic mass is 10.3. The number of anilines is 1. The smallest absolute Gasteiger partial charge is 0.358 e. The number of aryl methyl sites for hydroxylation is 1. The van der Waals surface area contributed by atoms with Gasteiger partial charge in [-0.3, -0.25) is 0 Å². The fourth-order valence-electron chi connectivity index (χ4n) is 1.58. The first kappa shape index (κ1) is 17.6. The average molecular weight is 318 g/mol. The van der Waals surface area contributed by atoms with Gasteiger partial charge in [0.1, 0.15) is 16.7 Å². The van der Waals surface area contributed by atoms with Gasteiger partial charge in [0.25, 0.3) is 0 Å².